The highest BCUT2D eigenvalue weighted by Crippen LogP contribution is 2.36. The predicted octanol–water partition coefficient (Wildman–Crippen LogP) is 0.491. The molecule has 1 aliphatic rings. The molecule has 1 amide bonds. The number of hydrogen-bond donors (Lipinski definition) is 1. The van der Waals surface area contributed by atoms with E-state index in [1.165, 1.54) is 0 Å². The first kappa shape index (κ1) is 12.4. The molecule has 0 bridgehead atoms. The minimum absolute atomic E-state index is 0.0234. The van der Waals surface area contributed by atoms with Crippen LogP contribution in [-0.2, 0) is 4.79 Å². The maximum Gasteiger partial charge on any atom is 0.227 e. The Balaban J connectivity index is 2.16. The zero-order valence-electron chi connectivity index (χ0n) is 9.73. The third kappa shape index (κ3) is 2.44. The molecule has 0 aromatic carbocycles. The molecule has 1 aliphatic carbocycles. The average Bonchev–Trinajstić information content (AvgIpc) is 2.39. The van der Waals surface area contributed by atoms with Gasteiger partial charge >= 0.3 is 0 Å². The second-order valence-corrected chi connectivity index (χ2v) is 4.50. The smallest absolute Gasteiger partial charge is 0.227 e. The molecule has 3 atom stereocenters. The monoisotopic (exact) mass is 250 g/mol. The molecule has 0 aliphatic heterocycles. The molecule has 1 heterocycles. The van der Waals surface area contributed by atoms with Crippen LogP contribution in [0.3, 0.4) is 0 Å². The van der Waals surface area contributed by atoms with Crippen molar-refractivity contribution in [1.82, 2.24) is 9.97 Å². The minimum atomic E-state index is -0.914. The summed E-state index contributed by atoms with van der Waals surface area (Å²) in [4.78, 5) is 29.9. The highest BCUT2D eigenvalue weighted by Gasteiger charge is 2.42. The van der Waals surface area contributed by atoms with Gasteiger partial charge in [0.25, 0.3) is 0 Å². The second-order valence-electron chi connectivity index (χ2n) is 4.50. The van der Waals surface area contributed by atoms with Gasteiger partial charge in [-0.05, 0) is 12.8 Å². The van der Waals surface area contributed by atoms with Gasteiger partial charge in [0.2, 0.25) is 11.9 Å². The van der Waals surface area contributed by atoms with Crippen molar-refractivity contribution >= 4 is 5.91 Å². The van der Waals surface area contributed by atoms with Crippen molar-refractivity contribution in [2.75, 3.05) is 0 Å². The summed E-state index contributed by atoms with van der Waals surface area (Å²) in [5.74, 6) is -1.29. The number of rotatable bonds is 3. The van der Waals surface area contributed by atoms with E-state index >= 15 is 0 Å². The Labute approximate surface area is 104 Å². The lowest BCUT2D eigenvalue weighted by Gasteiger charge is -2.28. The summed E-state index contributed by atoms with van der Waals surface area (Å²) in [6, 6.07) is -0.914. The van der Waals surface area contributed by atoms with Crippen LogP contribution in [-0.4, -0.2) is 26.8 Å². The van der Waals surface area contributed by atoms with Crippen molar-refractivity contribution in [2.45, 2.75) is 31.2 Å². The first-order chi connectivity index (χ1) is 8.59. The van der Waals surface area contributed by atoms with E-state index in [1.807, 2.05) is 0 Å². The van der Waals surface area contributed by atoms with Crippen LogP contribution in [0.5, 0.6) is 0 Å². The van der Waals surface area contributed by atoms with Crippen LogP contribution in [0, 0.1) is 16.0 Å². The van der Waals surface area contributed by atoms with E-state index in [1.54, 1.807) is 18.6 Å². The lowest BCUT2D eigenvalue weighted by Crippen LogP contribution is -2.42. The minimum Gasteiger partial charge on any atom is -0.369 e. The van der Waals surface area contributed by atoms with Crippen molar-refractivity contribution in [3.05, 3.63) is 34.4 Å². The largest absolute Gasteiger partial charge is 0.369 e. The molecular formula is C11H14N4O3. The van der Waals surface area contributed by atoms with Crippen molar-refractivity contribution < 1.29 is 9.72 Å². The van der Waals surface area contributed by atoms with Gasteiger partial charge in [-0.15, -0.1) is 0 Å². The maximum atomic E-state index is 11.2. The molecule has 96 valence electrons. The molecule has 0 radical (unpaired) electrons. The predicted molar refractivity (Wildman–Crippen MR) is 62.1 cm³/mol. The fourth-order valence-electron chi connectivity index (χ4n) is 2.50. The van der Waals surface area contributed by atoms with Gasteiger partial charge in [-0.25, -0.2) is 0 Å². The zero-order valence-corrected chi connectivity index (χ0v) is 9.73. The van der Waals surface area contributed by atoms with Crippen molar-refractivity contribution in [3.8, 4) is 0 Å². The lowest BCUT2D eigenvalue weighted by molar-refractivity contribution is -0.533. The van der Waals surface area contributed by atoms with Crippen LogP contribution in [0.15, 0.2) is 18.6 Å². The van der Waals surface area contributed by atoms with E-state index in [2.05, 4.69) is 9.97 Å². The third-order valence-electron chi connectivity index (χ3n) is 3.45. The highest BCUT2D eigenvalue weighted by molar-refractivity contribution is 5.77. The zero-order chi connectivity index (χ0) is 13.1. The number of aromatic nitrogens is 2. The number of primary amides is 1. The van der Waals surface area contributed by atoms with Crippen LogP contribution in [0.2, 0.25) is 0 Å². The molecule has 1 fully saturated rings. The first-order valence-electron chi connectivity index (χ1n) is 5.78. The number of nitrogens with two attached hydrogens (primary N) is 1. The summed E-state index contributed by atoms with van der Waals surface area (Å²) in [6.07, 6.45) is 6.14. The molecule has 0 saturated heterocycles. The number of carbonyl (C=O) groups is 1. The van der Waals surface area contributed by atoms with Gasteiger partial charge in [0.1, 0.15) is 5.92 Å². The van der Waals surface area contributed by atoms with Crippen LogP contribution < -0.4 is 5.73 Å². The number of nitro groups is 1. The van der Waals surface area contributed by atoms with Crippen LogP contribution in [0.1, 0.15) is 30.9 Å². The molecule has 2 N–H and O–H groups in total. The maximum absolute atomic E-state index is 11.2. The van der Waals surface area contributed by atoms with Crippen molar-refractivity contribution in [1.29, 1.82) is 0 Å². The average molecular weight is 250 g/mol. The Morgan fingerprint density at radius 2 is 2.22 bits per heavy atom. The van der Waals surface area contributed by atoms with E-state index in [9.17, 15) is 14.9 Å². The standard InChI is InChI=1S/C11H14N4O3/c12-11(16)8-2-1-7(5-10(8)15(17)18)9-6-13-3-4-14-9/h3-4,6-8,10H,1-2,5H2,(H2,12,16). The summed E-state index contributed by atoms with van der Waals surface area (Å²) in [5.41, 5.74) is 5.95. The number of amides is 1. The van der Waals surface area contributed by atoms with Crippen molar-refractivity contribution in [2.24, 2.45) is 11.7 Å². The molecule has 3 unspecified atom stereocenters. The number of nitrogens with zero attached hydrogens (tertiary/aromatic N) is 3. The normalized spacial score (nSPS) is 27.7. The van der Waals surface area contributed by atoms with E-state index in [0.717, 1.165) is 5.69 Å². The third-order valence-corrected chi connectivity index (χ3v) is 3.45. The van der Waals surface area contributed by atoms with Gasteiger partial charge in [0.05, 0.1) is 5.69 Å². The molecule has 7 nitrogen and oxygen atoms in total. The number of hydrogen-bond acceptors (Lipinski definition) is 5. The molecule has 1 aromatic rings. The summed E-state index contributed by atoms with van der Waals surface area (Å²) in [5, 5.41) is 11.0. The Bertz CT molecular complexity index is 451. The van der Waals surface area contributed by atoms with E-state index in [-0.39, 0.29) is 5.92 Å². The van der Waals surface area contributed by atoms with Crippen molar-refractivity contribution in [3.63, 3.8) is 0 Å². The van der Waals surface area contributed by atoms with Gasteiger partial charge in [0, 0.05) is 35.9 Å². The Morgan fingerprint density at radius 3 is 2.78 bits per heavy atom. The topological polar surface area (TPSA) is 112 Å². The van der Waals surface area contributed by atoms with Crippen LogP contribution in [0.25, 0.3) is 0 Å². The fraction of sp³-hybridized carbons (Fsp3) is 0.545. The molecular weight excluding hydrogens is 236 g/mol. The van der Waals surface area contributed by atoms with E-state index < -0.39 is 22.8 Å². The fourth-order valence-corrected chi connectivity index (χ4v) is 2.50. The Morgan fingerprint density at radius 1 is 1.44 bits per heavy atom. The van der Waals surface area contributed by atoms with Gasteiger partial charge in [0.15, 0.2) is 0 Å². The Hall–Kier alpha value is -2.05. The SMILES string of the molecule is NC(=O)C1CCC(c2cnccn2)CC1[N+](=O)[O-]. The second kappa shape index (κ2) is 5.07. The Kier molecular flexibility index (Phi) is 3.50. The first-order valence-corrected chi connectivity index (χ1v) is 5.78. The summed E-state index contributed by atoms with van der Waals surface area (Å²) in [7, 11) is 0. The molecule has 1 aromatic heterocycles. The highest BCUT2D eigenvalue weighted by atomic mass is 16.6. The summed E-state index contributed by atoms with van der Waals surface area (Å²) < 4.78 is 0. The van der Waals surface area contributed by atoms with E-state index in [4.69, 9.17) is 5.73 Å². The molecule has 18 heavy (non-hydrogen) atoms. The summed E-state index contributed by atoms with van der Waals surface area (Å²) in [6.45, 7) is 0. The van der Waals surface area contributed by atoms with Gasteiger partial charge < -0.3 is 5.73 Å². The van der Waals surface area contributed by atoms with Gasteiger partial charge in [-0.1, -0.05) is 0 Å². The molecule has 2 rings (SSSR count). The molecule has 7 heteroatoms. The molecule has 1 saturated carbocycles. The van der Waals surface area contributed by atoms with Gasteiger partial charge in [-0.3, -0.25) is 24.9 Å². The van der Waals surface area contributed by atoms with Crippen LogP contribution in [0.4, 0.5) is 0 Å². The number of carbonyl (C=O) groups excluding carboxylic acids is 1. The quantitative estimate of drug-likeness (QED) is 0.619. The van der Waals surface area contributed by atoms with Gasteiger partial charge in [-0.2, -0.15) is 0 Å². The van der Waals surface area contributed by atoms with Crippen LogP contribution >= 0.6 is 0 Å². The summed E-state index contributed by atoms with van der Waals surface area (Å²) >= 11 is 0. The molecule has 0 spiro atoms. The van der Waals surface area contributed by atoms with E-state index in [0.29, 0.717) is 19.3 Å². The lowest BCUT2D eigenvalue weighted by atomic mass is 9.77.